The van der Waals surface area contributed by atoms with E-state index in [4.69, 9.17) is 0 Å². The van der Waals surface area contributed by atoms with Gasteiger partial charge in [0.15, 0.2) is 0 Å². The van der Waals surface area contributed by atoms with Crippen molar-refractivity contribution in [2.24, 2.45) is 4.99 Å². The number of aliphatic imine (C=N–C) groups is 1. The van der Waals surface area contributed by atoms with E-state index in [-0.39, 0.29) is 0 Å². The Kier molecular flexibility index (Phi) is 3.31. The lowest BCUT2D eigenvalue weighted by Gasteiger charge is -1.89. The lowest BCUT2D eigenvalue weighted by atomic mass is 10.2. The predicted molar refractivity (Wildman–Crippen MR) is 53.5 cm³/mol. The molecule has 1 rings (SSSR count). The fourth-order valence-corrected chi connectivity index (χ4v) is 0.810. The van der Waals surface area contributed by atoms with Crippen LogP contribution < -0.4 is 0 Å². The molecule has 0 saturated heterocycles. The van der Waals surface area contributed by atoms with Gasteiger partial charge >= 0.3 is 0 Å². The molecule has 1 aromatic carbocycles. The first-order valence-corrected chi connectivity index (χ1v) is 4.12. The zero-order chi connectivity index (χ0) is 8.81. The quantitative estimate of drug-likeness (QED) is 0.588. The second-order valence-corrected chi connectivity index (χ2v) is 2.91. The highest BCUT2D eigenvalue weighted by atomic mass is 14.7. The Balaban J connectivity index is 2.70. The summed E-state index contributed by atoms with van der Waals surface area (Å²) in [6, 6.07) is 10.4. The average molecular weight is 159 g/mol. The molecule has 0 N–H and O–H groups in total. The summed E-state index contributed by atoms with van der Waals surface area (Å²) in [6.07, 6.45) is 1.89. The monoisotopic (exact) mass is 159 g/mol. The third-order valence-electron chi connectivity index (χ3n) is 1.36. The molecule has 0 unspecified atom stereocenters. The molecule has 0 atom stereocenters. The van der Waals surface area contributed by atoms with Gasteiger partial charge in [0.1, 0.15) is 0 Å². The van der Waals surface area contributed by atoms with Crippen LogP contribution in [0.15, 0.2) is 35.3 Å². The highest BCUT2D eigenvalue weighted by molar-refractivity contribution is 5.77. The third kappa shape index (κ3) is 3.18. The van der Waals surface area contributed by atoms with Crippen molar-refractivity contribution < 1.29 is 0 Å². The molecule has 0 aromatic heterocycles. The maximum Gasteiger partial charge on any atom is 0.0537 e. The largest absolute Gasteiger partial charge is 0.240 e. The molecule has 62 valence electrons. The highest BCUT2D eigenvalue weighted by Crippen LogP contribution is 1.97. The zero-order valence-electron chi connectivity index (χ0n) is 7.49. The van der Waals surface area contributed by atoms with Gasteiger partial charge in [-0.05, 0) is 25.3 Å². The normalized spacial score (nSPS) is 9.25. The van der Waals surface area contributed by atoms with E-state index in [0.29, 0.717) is 6.04 Å². The summed E-state index contributed by atoms with van der Waals surface area (Å²) < 4.78 is 0. The van der Waals surface area contributed by atoms with Gasteiger partial charge in [0.25, 0.3) is 0 Å². The molecule has 0 saturated carbocycles. The van der Waals surface area contributed by atoms with E-state index < -0.39 is 0 Å². The van der Waals surface area contributed by atoms with E-state index in [0.717, 1.165) is 5.56 Å². The number of rotatable bonds is 2. The van der Waals surface area contributed by atoms with Crippen LogP contribution in [0.2, 0.25) is 0 Å². The number of hydrogen-bond acceptors (Lipinski definition) is 1. The van der Waals surface area contributed by atoms with Crippen molar-refractivity contribution >= 4 is 11.9 Å². The zero-order valence-corrected chi connectivity index (χ0v) is 7.49. The summed E-state index contributed by atoms with van der Waals surface area (Å²) in [5, 5.41) is 0. The first-order chi connectivity index (χ1) is 5.79. The Labute approximate surface area is 73.5 Å². The number of hydrogen-bond donors (Lipinski definition) is 0. The Bertz CT molecular complexity index is 279. The van der Waals surface area contributed by atoms with Crippen molar-refractivity contribution in [2.45, 2.75) is 19.9 Å². The van der Waals surface area contributed by atoms with Gasteiger partial charge in [-0.15, -0.1) is 0 Å². The van der Waals surface area contributed by atoms with Crippen LogP contribution in [-0.4, -0.2) is 11.9 Å². The predicted octanol–water partition coefficient (Wildman–Crippen LogP) is 2.78. The highest BCUT2D eigenvalue weighted by Gasteiger charge is 1.82. The molecule has 1 heteroatoms. The second kappa shape index (κ2) is 4.53. The minimum Gasteiger partial charge on any atom is -0.240 e. The summed E-state index contributed by atoms with van der Waals surface area (Å²) in [5.41, 5.74) is 1.14. The molecule has 0 spiro atoms. The topological polar surface area (TPSA) is 12.4 Å². The number of benzene rings is 1. The van der Waals surface area contributed by atoms with Gasteiger partial charge < -0.3 is 0 Å². The van der Waals surface area contributed by atoms with Gasteiger partial charge in [-0.3, -0.25) is 0 Å². The van der Waals surface area contributed by atoms with Crippen molar-refractivity contribution in [1.29, 1.82) is 0 Å². The van der Waals surface area contributed by atoms with Crippen LogP contribution in [0.5, 0.6) is 0 Å². The Hall–Kier alpha value is -1.33. The summed E-state index contributed by atoms with van der Waals surface area (Å²) in [4.78, 5) is 4.11. The molecule has 0 aliphatic heterocycles. The van der Waals surface area contributed by atoms with Gasteiger partial charge in [-0.1, -0.05) is 30.3 Å². The van der Waals surface area contributed by atoms with Crippen molar-refractivity contribution in [3.05, 3.63) is 35.9 Å². The fraction of sp³-hybridized carbons (Fsp3) is 0.273. The molecule has 0 heterocycles. The second-order valence-electron chi connectivity index (χ2n) is 2.91. The van der Waals surface area contributed by atoms with Crippen LogP contribution in [0.1, 0.15) is 19.4 Å². The molecular weight excluding hydrogens is 146 g/mol. The molecule has 0 aliphatic rings. The lowest BCUT2D eigenvalue weighted by molar-refractivity contribution is 0.843. The average Bonchev–Trinajstić information content (AvgIpc) is 2.05. The Morgan fingerprint density at radius 3 is 2.50 bits per heavy atom. The van der Waals surface area contributed by atoms with Crippen LogP contribution >= 0.6 is 0 Å². The van der Waals surface area contributed by atoms with Gasteiger partial charge in [0.05, 0.1) is 6.04 Å². The van der Waals surface area contributed by atoms with Gasteiger partial charge in [0, 0.05) is 6.08 Å². The molecule has 0 amide bonds. The summed E-state index contributed by atoms with van der Waals surface area (Å²) >= 11 is 0. The minimum atomic E-state index is 0.324. The molecular formula is C11H13N. The minimum absolute atomic E-state index is 0.324. The van der Waals surface area contributed by atoms with Crippen LogP contribution in [0, 0.1) is 0 Å². The van der Waals surface area contributed by atoms with Crippen LogP contribution in [0.4, 0.5) is 0 Å². The fourth-order valence-electron chi connectivity index (χ4n) is 0.810. The molecule has 0 fully saturated rings. The Morgan fingerprint density at radius 1 is 1.25 bits per heavy atom. The Morgan fingerprint density at radius 2 is 1.92 bits per heavy atom. The number of nitrogens with zero attached hydrogens (tertiary/aromatic N) is 1. The van der Waals surface area contributed by atoms with Gasteiger partial charge in [-0.25, -0.2) is 4.99 Å². The smallest absolute Gasteiger partial charge is 0.0537 e. The van der Waals surface area contributed by atoms with Gasteiger partial charge in [0.2, 0.25) is 0 Å². The molecule has 0 bridgehead atoms. The van der Waals surface area contributed by atoms with Crippen LogP contribution in [0.25, 0.3) is 6.08 Å². The first-order valence-electron chi connectivity index (χ1n) is 4.12. The van der Waals surface area contributed by atoms with E-state index in [2.05, 4.69) is 10.9 Å². The van der Waals surface area contributed by atoms with E-state index in [1.165, 1.54) is 0 Å². The van der Waals surface area contributed by atoms with E-state index in [1.54, 1.807) is 0 Å². The van der Waals surface area contributed by atoms with Gasteiger partial charge in [-0.2, -0.15) is 0 Å². The van der Waals surface area contributed by atoms with E-state index in [9.17, 15) is 0 Å². The van der Waals surface area contributed by atoms with Crippen molar-refractivity contribution in [3.63, 3.8) is 0 Å². The van der Waals surface area contributed by atoms with Crippen molar-refractivity contribution in [2.75, 3.05) is 0 Å². The standard InChI is InChI=1S/C11H13N/c1-10(2)12-9-8-11-6-4-3-5-7-11/h3-8,10H,1-2H3. The van der Waals surface area contributed by atoms with Crippen LogP contribution in [0.3, 0.4) is 0 Å². The molecule has 0 radical (unpaired) electrons. The summed E-state index contributed by atoms with van der Waals surface area (Å²) in [7, 11) is 0. The van der Waals surface area contributed by atoms with Crippen molar-refractivity contribution in [1.82, 2.24) is 0 Å². The summed E-state index contributed by atoms with van der Waals surface area (Å²) in [6.45, 7) is 4.07. The molecule has 1 aromatic rings. The lowest BCUT2D eigenvalue weighted by Crippen LogP contribution is -1.84. The summed E-state index contributed by atoms with van der Waals surface area (Å²) in [5.74, 6) is 2.90. The first kappa shape index (κ1) is 8.76. The van der Waals surface area contributed by atoms with E-state index >= 15 is 0 Å². The maximum atomic E-state index is 4.11. The third-order valence-corrected chi connectivity index (χ3v) is 1.36. The molecule has 1 nitrogen and oxygen atoms in total. The van der Waals surface area contributed by atoms with Crippen LogP contribution in [-0.2, 0) is 0 Å². The van der Waals surface area contributed by atoms with E-state index in [1.807, 2.05) is 50.3 Å². The SMILES string of the molecule is CC(C)N=C=Cc1ccccc1. The molecule has 0 aliphatic carbocycles. The maximum absolute atomic E-state index is 4.11. The van der Waals surface area contributed by atoms with Crippen molar-refractivity contribution in [3.8, 4) is 0 Å². The molecule has 12 heavy (non-hydrogen) atoms.